The number of halogens is 4. The van der Waals surface area contributed by atoms with Gasteiger partial charge >= 0.3 is 6.36 Å². The number of anilines is 2. The number of alkyl halides is 3. The van der Waals surface area contributed by atoms with Gasteiger partial charge in [-0.05, 0) is 23.8 Å². The minimum atomic E-state index is -4.77. The van der Waals surface area contributed by atoms with Gasteiger partial charge < -0.3 is 15.8 Å². The number of hydrogen-bond acceptors (Lipinski definition) is 4. The second kappa shape index (κ2) is 6.51. The molecule has 1 aromatic heterocycles. The van der Waals surface area contributed by atoms with Crippen molar-refractivity contribution in [2.75, 3.05) is 11.1 Å². The number of pyridine rings is 1. The van der Waals surface area contributed by atoms with Gasteiger partial charge in [0.2, 0.25) is 11.9 Å². The second-order valence-corrected chi connectivity index (χ2v) is 4.52. The number of carbonyl (C=O) groups is 1. The summed E-state index contributed by atoms with van der Waals surface area (Å²) in [6.07, 6.45) is -3.76. The van der Waals surface area contributed by atoms with Crippen LogP contribution in [0, 0.1) is 5.95 Å². The van der Waals surface area contributed by atoms with Gasteiger partial charge in [-0.1, -0.05) is 12.1 Å². The Labute approximate surface area is 128 Å². The number of hydrogen-bond donors (Lipinski definition) is 2. The number of nitrogen functional groups attached to an aromatic ring is 1. The molecule has 0 aliphatic heterocycles. The van der Waals surface area contributed by atoms with Crippen LogP contribution in [0.5, 0.6) is 5.75 Å². The van der Waals surface area contributed by atoms with Crippen LogP contribution in [0.4, 0.5) is 28.9 Å². The molecule has 0 spiro atoms. The molecule has 1 heterocycles. The Morgan fingerprint density at radius 2 is 1.91 bits per heavy atom. The first kappa shape index (κ1) is 16.5. The van der Waals surface area contributed by atoms with Crippen LogP contribution in [-0.2, 0) is 11.2 Å². The quantitative estimate of drug-likeness (QED) is 0.668. The van der Waals surface area contributed by atoms with Crippen LogP contribution in [0.15, 0.2) is 36.5 Å². The van der Waals surface area contributed by atoms with Crippen molar-refractivity contribution in [1.29, 1.82) is 0 Å². The van der Waals surface area contributed by atoms with Crippen molar-refractivity contribution < 1.29 is 27.1 Å². The van der Waals surface area contributed by atoms with E-state index in [4.69, 9.17) is 5.73 Å². The molecule has 0 bridgehead atoms. The van der Waals surface area contributed by atoms with E-state index in [1.807, 2.05) is 0 Å². The molecule has 9 heteroatoms. The molecule has 23 heavy (non-hydrogen) atoms. The monoisotopic (exact) mass is 329 g/mol. The number of nitrogens with zero attached hydrogens (tertiary/aromatic N) is 1. The Balaban J connectivity index is 1.96. The van der Waals surface area contributed by atoms with Crippen molar-refractivity contribution in [2.45, 2.75) is 12.8 Å². The summed E-state index contributed by atoms with van der Waals surface area (Å²) in [4.78, 5) is 15.2. The number of benzene rings is 1. The summed E-state index contributed by atoms with van der Waals surface area (Å²) in [5, 5.41) is 2.45. The van der Waals surface area contributed by atoms with Gasteiger partial charge in [0.1, 0.15) is 5.75 Å². The molecule has 0 unspecified atom stereocenters. The molecule has 0 saturated heterocycles. The van der Waals surface area contributed by atoms with Crippen LogP contribution >= 0.6 is 0 Å². The zero-order valence-electron chi connectivity index (χ0n) is 11.5. The maximum absolute atomic E-state index is 12.9. The fourth-order valence-corrected chi connectivity index (χ4v) is 1.73. The van der Waals surface area contributed by atoms with Crippen molar-refractivity contribution in [3.8, 4) is 5.75 Å². The number of nitrogens with one attached hydrogen (secondary N) is 1. The van der Waals surface area contributed by atoms with Crippen LogP contribution in [0.2, 0.25) is 0 Å². The highest BCUT2D eigenvalue weighted by molar-refractivity contribution is 5.92. The largest absolute Gasteiger partial charge is 0.573 e. The van der Waals surface area contributed by atoms with Crippen molar-refractivity contribution in [1.82, 2.24) is 4.98 Å². The first-order valence-corrected chi connectivity index (χ1v) is 6.28. The van der Waals surface area contributed by atoms with Gasteiger partial charge in [-0.3, -0.25) is 4.79 Å². The number of carbonyl (C=O) groups excluding carboxylic acids is 1. The van der Waals surface area contributed by atoms with Crippen LogP contribution < -0.4 is 15.8 Å². The van der Waals surface area contributed by atoms with Gasteiger partial charge in [-0.25, -0.2) is 4.98 Å². The number of amides is 1. The van der Waals surface area contributed by atoms with E-state index in [-0.39, 0.29) is 23.5 Å². The third-order valence-corrected chi connectivity index (χ3v) is 2.67. The first-order valence-electron chi connectivity index (χ1n) is 6.28. The van der Waals surface area contributed by atoms with Crippen LogP contribution in [0.1, 0.15) is 5.56 Å². The molecule has 1 amide bonds. The Hall–Kier alpha value is -2.84. The van der Waals surface area contributed by atoms with Gasteiger partial charge in [-0.15, -0.1) is 13.2 Å². The number of nitrogens with two attached hydrogens (primary N) is 1. The fourth-order valence-electron chi connectivity index (χ4n) is 1.73. The topological polar surface area (TPSA) is 77.2 Å². The van der Waals surface area contributed by atoms with Crippen molar-refractivity contribution in [3.63, 3.8) is 0 Å². The van der Waals surface area contributed by atoms with Gasteiger partial charge in [0.25, 0.3) is 0 Å². The summed E-state index contributed by atoms with van der Waals surface area (Å²) in [7, 11) is 0. The second-order valence-electron chi connectivity index (χ2n) is 4.52. The van der Waals surface area contributed by atoms with E-state index in [2.05, 4.69) is 15.0 Å². The molecule has 0 radical (unpaired) electrons. The number of aromatic nitrogens is 1. The minimum absolute atomic E-state index is 0.0937. The normalized spacial score (nSPS) is 11.1. The molecule has 2 rings (SSSR count). The lowest BCUT2D eigenvalue weighted by Crippen LogP contribution is -2.17. The lowest BCUT2D eigenvalue weighted by Gasteiger charge is -2.09. The standard InChI is InChI=1S/C14H11F4N3O2/c15-13-11(19)6-9(7-20-13)21-12(22)5-8-1-3-10(4-2-8)23-14(16,17)18/h1-4,6-7H,5,19H2,(H,21,22). The summed E-state index contributed by atoms with van der Waals surface area (Å²) in [5.74, 6) is -1.68. The molecule has 0 saturated carbocycles. The molecule has 0 atom stereocenters. The molecule has 3 N–H and O–H groups in total. The van der Waals surface area contributed by atoms with Crippen LogP contribution in [0.25, 0.3) is 0 Å². The Kier molecular flexibility index (Phi) is 4.68. The third-order valence-electron chi connectivity index (χ3n) is 2.67. The van der Waals surface area contributed by atoms with E-state index in [1.165, 1.54) is 18.2 Å². The molecule has 122 valence electrons. The van der Waals surface area contributed by atoms with Gasteiger partial charge in [0, 0.05) is 0 Å². The number of rotatable bonds is 4. The highest BCUT2D eigenvalue weighted by atomic mass is 19.4. The molecular formula is C14H11F4N3O2. The van der Waals surface area contributed by atoms with E-state index in [0.29, 0.717) is 5.56 Å². The van der Waals surface area contributed by atoms with E-state index >= 15 is 0 Å². The summed E-state index contributed by atoms with van der Waals surface area (Å²) in [6.45, 7) is 0. The lowest BCUT2D eigenvalue weighted by molar-refractivity contribution is -0.274. The molecule has 0 fully saturated rings. The Morgan fingerprint density at radius 3 is 2.48 bits per heavy atom. The van der Waals surface area contributed by atoms with Crippen molar-refractivity contribution in [2.24, 2.45) is 0 Å². The molecule has 1 aromatic carbocycles. The Bertz CT molecular complexity index is 702. The summed E-state index contributed by atoms with van der Waals surface area (Å²) >= 11 is 0. The van der Waals surface area contributed by atoms with E-state index in [9.17, 15) is 22.4 Å². The fraction of sp³-hybridized carbons (Fsp3) is 0.143. The molecule has 0 aliphatic carbocycles. The summed E-state index contributed by atoms with van der Waals surface area (Å²) in [6, 6.07) is 6.08. The average molecular weight is 329 g/mol. The van der Waals surface area contributed by atoms with E-state index < -0.39 is 18.2 Å². The third kappa shape index (κ3) is 5.13. The molecular weight excluding hydrogens is 318 g/mol. The predicted molar refractivity (Wildman–Crippen MR) is 74.1 cm³/mol. The Morgan fingerprint density at radius 1 is 1.26 bits per heavy atom. The van der Waals surface area contributed by atoms with Crippen molar-refractivity contribution >= 4 is 17.3 Å². The van der Waals surface area contributed by atoms with Gasteiger partial charge in [0.05, 0.1) is 24.0 Å². The smallest absolute Gasteiger partial charge is 0.406 e. The van der Waals surface area contributed by atoms with E-state index in [0.717, 1.165) is 18.3 Å². The van der Waals surface area contributed by atoms with E-state index in [1.54, 1.807) is 0 Å². The molecule has 5 nitrogen and oxygen atoms in total. The highest BCUT2D eigenvalue weighted by Crippen LogP contribution is 2.23. The SMILES string of the molecule is Nc1cc(NC(=O)Cc2ccc(OC(F)(F)F)cc2)cnc1F. The van der Waals surface area contributed by atoms with Gasteiger partial charge in [0.15, 0.2) is 0 Å². The lowest BCUT2D eigenvalue weighted by atomic mass is 10.1. The predicted octanol–water partition coefficient (Wildman–Crippen LogP) is 2.88. The summed E-state index contributed by atoms with van der Waals surface area (Å²) in [5.41, 5.74) is 5.80. The maximum Gasteiger partial charge on any atom is 0.573 e. The first-order chi connectivity index (χ1) is 10.7. The van der Waals surface area contributed by atoms with Gasteiger partial charge in [-0.2, -0.15) is 4.39 Å². The molecule has 2 aromatic rings. The summed E-state index contributed by atoms with van der Waals surface area (Å²) < 4.78 is 52.7. The zero-order chi connectivity index (χ0) is 17.0. The minimum Gasteiger partial charge on any atom is -0.406 e. The average Bonchev–Trinajstić information content (AvgIpc) is 2.43. The van der Waals surface area contributed by atoms with Crippen LogP contribution in [0.3, 0.4) is 0 Å². The highest BCUT2D eigenvalue weighted by Gasteiger charge is 2.30. The molecule has 0 aliphatic rings. The maximum atomic E-state index is 12.9. The van der Waals surface area contributed by atoms with Crippen LogP contribution in [-0.4, -0.2) is 17.3 Å². The van der Waals surface area contributed by atoms with Crippen molar-refractivity contribution in [3.05, 3.63) is 48.0 Å². The number of ether oxygens (including phenoxy) is 1. The zero-order valence-corrected chi connectivity index (χ0v) is 11.5.